The summed E-state index contributed by atoms with van der Waals surface area (Å²) in [6.45, 7) is 10.5. The van der Waals surface area contributed by atoms with Crippen molar-refractivity contribution in [2.45, 2.75) is 116 Å². The van der Waals surface area contributed by atoms with Crippen LogP contribution in [-0.4, -0.2) is 50.3 Å². The molecule has 276 valence electrons. The number of aromatic nitrogens is 4. The first-order valence-electron chi connectivity index (χ1n) is 18.7. The van der Waals surface area contributed by atoms with Gasteiger partial charge in [0.1, 0.15) is 17.8 Å². The molecule has 2 heterocycles. The maximum absolute atomic E-state index is 11.9. The van der Waals surface area contributed by atoms with Crippen LogP contribution in [0.25, 0.3) is 0 Å². The fraction of sp³-hybridized carbons (Fsp3) is 0.432. The summed E-state index contributed by atoms with van der Waals surface area (Å²) < 4.78 is 16.7. The summed E-state index contributed by atoms with van der Waals surface area (Å²) in [6, 6.07) is 17.2. The second-order valence-corrected chi connectivity index (χ2v) is 14.8. The molecule has 0 spiro atoms. The topological polar surface area (TPSA) is 122 Å². The normalized spacial score (nSPS) is 15.0. The van der Waals surface area contributed by atoms with E-state index in [1.54, 1.807) is 24.8 Å². The van der Waals surface area contributed by atoms with Crippen molar-refractivity contribution in [1.29, 1.82) is 0 Å². The van der Waals surface area contributed by atoms with Crippen molar-refractivity contribution in [3.63, 3.8) is 0 Å². The summed E-state index contributed by atoms with van der Waals surface area (Å²) in [7, 11) is 0. The minimum Gasteiger partial charge on any atom is -0.460 e. The Balaban J connectivity index is 0.000000211. The molecule has 0 radical (unpaired) electrons. The molecule has 53 heavy (non-hydrogen) atoms. The van der Waals surface area contributed by atoms with Crippen molar-refractivity contribution in [2.75, 3.05) is 6.54 Å². The van der Waals surface area contributed by atoms with E-state index in [-0.39, 0.29) is 18.0 Å². The van der Waals surface area contributed by atoms with E-state index in [1.807, 2.05) is 45.0 Å². The minimum absolute atomic E-state index is 0.150. The van der Waals surface area contributed by atoms with E-state index in [9.17, 15) is 4.79 Å². The van der Waals surface area contributed by atoms with Gasteiger partial charge >= 0.3 is 18.0 Å². The van der Waals surface area contributed by atoms with Gasteiger partial charge in [-0.15, -0.1) is 0 Å². The molecule has 6 rings (SSSR count). The molecule has 0 amide bonds. The number of esters is 1. The van der Waals surface area contributed by atoms with Crippen LogP contribution in [0, 0.1) is 23.7 Å². The molecule has 2 unspecified atom stereocenters. The zero-order chi connectivity index (χ0) is 37.6. The zero-order valence-electron chi connectivity index (χ0n) is 31.6. The maximum Gasteiger partial charge on any atom is 0.316 e. The molecule has 2 aromatic heterocycles. The molecule has 2 aromatic carbocycles. The molecule has 2 fully saturated rings. The van der Waals surface area contributed by atoms with Crippen molar-refractivity contribution >= 4 is 5.97 Å². The maximum atomic E-state index is 11.9. The average molecular weight is 714 g/mol. The Morgan fingerprint density at radius 1 is 0.679 bits per heavy atom. The van der Waals surface area contributed by atoms with Gasteiger partial charge in [-0.1, -0.05) is 61.8 Å². The Kier molecular flexibility index (Phi) is 14.0. The van der Waals surface area contributed by atoms with E-state index < -0.39 is 5.60 Å². The highest BCUT2D eigenvalue weighted by Crippen LogP contribution is 2.24. The molecule has 4 aromatic rings. The first-order chi connectivity index (χ1) is 25.5. The summed E-state index contributed by atoms with van der Waals surface area (Å²) in [5.74, 6) is 12.9. The molecule has 2 saturated carbocycles. The van der Waals surface area contributed by atoms with Gasteiger partial charge in [0, 0.05) is 42.3 Å². The Hall–Kier alpha value is -5.25. The summed E-state index contributed by atoms with van der Waals surface area (Å²) in [4.78, 5) is 28.8. The Morgan fingerprint density at radius 3 is 1.43 bits per heavy atom. The van der Waals surface area contributed by atoms with Crippen molar-refractivity contribution < 1.29 is 19.0 Å². The molecule has 0 bridgehead atoms. The molecule has 9 nitrogen and oxygen atoms in total. The van der Waals surface area contributed by atoms with Crippen LogP contribution in [-0.2, 0) is 9.53 Å². The summed E-state index contributed by atoms with van der Waals surface area (Å²) in [6.07, 6.45) is 15.4. The monoisotopic (exact) mass is 713 g/mol. The highest BCUT2D eigenvalue weighted by Gasteiger charge is 2.21. The summed E-state index contributed by atoms with van der Waals surface area (Å²) in [5.41, 5.74) is 11.1. The van der Waals surface area contributed by atoms with Crippen molar-refractivity contribution in [1.82, 2.24) is 19.9 Å². The van der Waals surface area contributed by atoms with Crippen LogP contribution in [0.5, 0.6) is 12.0 Å². The van der Waals surface area contributed by atoms with Gasteiger partial charge in [-0.05, 0) is 119 Å². The lowest BCUT2D eigenvalue weighted by Crippen LogP contribution is -2.25. The number of carbonyl (C=O) groups is 1. The number of ether oxygens (including phenoxy) is 3. The fourth-order valence-corrected chi connectivity index (χ4v) is 5.27. The lowest BCUT2D eigenvalue weighted by molar-refractivity contribution is -0.155. The standard InChI is InChI=1S/C25H30N2O3.C19H21N3O/c1-18(8-15-23(28)30-25(2,3)4)21-13-11-19(12-14-21)9-10-20-16-26-24(27-17-20)29-22-6-5-7-22;1-14(11-20)17-9-7-15(8-10-17)5-6-16-12-21-19(22-13-16)23-18-3-2-4-18/h11-14,16-18,22H,5-8,15H2,1-4H3;7-10,12-14,18H,2-4,11,20H2,1H3. The first kappa shape index (κ1) is 39.0. The van der Waals surface area contributed by atoms with E-state index in [0.717, 1.165) is 54.4 Å². The van der Waals surface area contributed by atoms with E-state index in [1.165, 1.54) is 24.0 Å². The van der Waals surface area contributed by atoms with Crippen LogP contribution < -0.4 is 15.2 Å². The number of carbonyl (C=O) groups excluding carboxylic acids is 1. The largest absolute Gasteiger partial charge is 0.460 e. The van der Waals surface area contributed by atoms with Crippen molar-refractivity contribution in [2.24, 2.45) is 5.73 Å². The lowest BCUT2D eigenvalue weighted by atomic mass is 9.95. The van der Waals surface area contributed by atoms with Crippen LogP contribution >= 0.6 is 0 Å². The molecule has 0 aliphatic heterocycles. The third-order valence-corrected chi connectivity index (χ3v) is 9.12. The van der Waals surface area contributed by atoms with Gasteiger partial charge in [0.2, 0.25) is 0 Å². The molecule has 2 N–H and O–H groups in total. The van der Waals surface area contributed by atoms with Gasteiger partial charge < -0.3 is 19.9 Å². The smallest absolute Gasteiger partial charge is 0.316 e. The molecule has 0 saturated heterocycles. The minimum atomic E-state index is -0.435. The SMILES string of the molecule is CC(CCC(=O)OC(C)(C)C)c1ccc(C#Cc2cnc(OC3CCC3)nc2)cc1.CC(CN)c1ccc(C#Cc2cnc(OC3CCC3)nc2)cc1. The molecular weight excluding hydrogens is 663 g/mol. The highest BCUT2D eigenvalue weighted by atomic mass is 16.6. The fourth-order valence-electron chi connectivity index (χ4n) is 5.27. The van der Waals surface area contributed by atoms with Gasteiger partial charge in [-0.3, -0.25) is 4.79 Å². The van der Waals surface area contributed by atoms with Crippen LogP contribution in [0.15, 0.2) is 73.3 Å². The molecule has 2 atom stereocenters. The van der Waals surface area contributed by atoms with Gasteiger partial charge in [-0.2, -0.15) is 0 Å². The van der Waals surface area contributed by atoms with Gasteiger partial charge in [-0.25, -0.2) is 19.9 Å². The van der Waals surface area contributed by atoms with Gasteiger partial charge in [0.05, 0.1) is 11.1 Å². The van der Waals surface area contributed by atoms with Gasteiger partial charge in [0.25, 0.3) is 0 Å². The molecular formula is C44H51N5O4. The first-order valence-corrected chi connectivity index (χ1v) is 18.7. The number of hydrogen-bond donors (Lipinski definition) is 1. The van der Waals surface area contributed by atoms with Crippen LogP contribution in [0.4, 0.5) is 0 Å². The van der Waals surface area contributed by atoms with E-state index >= 15 is 0 Å². The van der Waals surface area contributed by atoms with Crippen LogP contribution in [0.3, 0.4) is 0 Å². The Labute approximate surface area is 314 Å². The average Bonchev–Trinajstić information content (AvgIpc) is 3.12. The third-order valence-electron chi connectivity index (χ3n) is 9.12. The molecule has 2 aliphatic rings. The number of benzene rings is 2. The number of hydrogen-bond acceptors (Lipinski definition) is 9. The van der Waals surface area contributed by atoms with E-state index in [4.69, 9.17) is 19.9 Å². The van der Waals surface area contributed by atoms with Crippen molar-refractivity contribution in [3.8, 4) is 35.7 Å². The lowest BCUT2D eigenvalue weighted by Gasteiger charge is -2.24. The highest BCUT2D eigenvalue weighted by molar-refractivity contribution is 5.69. The molecule has 2 aliphatic carbocycles. The zero-order valence-corrected chi connectivity index (χ0v) is 31.6. The Bertz CT molecular complexity index is 1870. The number of rotatable bonds is 10. The second kappa shape index (κ2) is 19.0. The Morgan fingerprint density at radius 2 is 1.08 bits per heavy atom. The summed E-state index contributed by atoms with van der Waals surface area (Å²) >= 11 is 0. The van der Waals surface area contributed by atoms with Gasteiger partial charge in [0.15, 0.2) is 0 Å². The van der Waals surface area contributed by atoms with E-state index in [2.05, 4.69) is 81.7 Å². The van der Waals surface area contributed by atoms with Crippen LogP contribution in [0.1, 0.15) is 131 Å². The second-order valence-electron chi connectivity index (χ2n) is 14.8. The number of nitrogens with zero attached hydrogens (tertiary/aromatic N) is 4. The van der Waals surface area contributed by atoms with Crippen LogP contribution in [0.2, 0.25) is 0 Å². The summed E-state index contributed by atoms with van der Waals surface area (Å²) in [5, 5.41) is 0. The predicted octanol–water partition coefficient (Wildman–Crippen LogP) is 7.90. The molecule has 9 heteroatoms. The number of nitrogens with two attached hydrogens (primary N) is 1. The predicted molar refractivity (Wildman–Crippen MR) is 206 cm³/mol. The van der Waals surface area contributed by atoms with E-state index in [0.29, 0.717) is 37.0 Å². The quantitative estimate of drug-likeness (QED) is 0.129. The van der Waals surface area contributed by atoms with Crippen molar-refractivity contribution in [3.05, 3.63) is 107 Å². The third kappa shape index (κ3) is 13.0.